The van der Waals surface area contributed by atoms with Crippen molar-refractivity contribution in [2.24, 2.45) is 0 Å². The van der Waals surface area contributed by atoms with Gasteiger partial charge in [0.15, 0.2) is 5.82 Å². The molecule has 0 radical (unpaired) electrons. The van der Waals surface area contributed by atoms with Crippen LogP contribution < -0.4 is 5.32 Å². The van der Waals surface area contributed by atoms with E-state index in [4.69, 9.17) is 0 Å². The number of aromatic hydroxyl groups is 1. The van der Waals surface area contributed by atoms with Crippen molar-refractivity contribution in [2.45, 2.75) is 39.5 Å². The first-order valence-corrected chi connectivity index (χ1v) is 7.60. The van der Waals surface area contributed by atoms with E-state index in [0.717, 1.165) is 6.07 Å². The number of nitrogens with one attached hydrogen (secondary N) is 1. The van der Waals surface area contributed by atoms with Crippen LogP contribution in [0, 0.1) is 13.8 Å². The fourth-order valence-electron chi connectivity index (χ4n) is 2.35. The van der Waals surface area contributed by atoms with Gasteiger partial charge in [-0.2, -0.15) is 13.2 Å². The van der Waals surface area contributed by atoms with Gasteiger partial charge < -0.3 is 15.5 Å². The number of phenols is 1. The number of aryl methyl sites for hydroxylation is 2. The van der Waals surface area contributed by atoms with Crippen molar-refractivity contribution in [2.75, 3.05) is 11.9 Å². The quantitative estimate of drug-likeness (QED) is 0.780. The Kier molecular flexibility index (Phi) is 4.94. The molecule has 0 saturated heterocycles. The van der Waals surface area contributed by atoms with Crippen LogP contribution in [0.2, 0.25) is 0 Å². The number of alkyl halides is 3. The third kappa shape index (κ3) is 4.60. The summed E-state index contributed by atoms with van der Waals surface area (Å²) in [6, 6.07) is 3.27. The Hall–Kier alpha value is -2.35. The van der Waals surface area contributed by atoms with E-state index in [9.17, 15) is 23.4 Å². The molecule has 1 aromatic heterocycles. The van der Waals surface area contributed by atoms with Crippen molar-refractivity contribution in [3.05, 3.63) is 34.9 Å². The van der Waals surface area contributed by atoms with Gasteiger partial charge in [0, 0.05) is 12.1 Å². The molecule has 0 aliphatic rings. The molecule has 0 unspecified atom stereocenters. The van der Waals surface area contributed by atoms with E-state index in [-0.39, 0.29) is 23.4 Å². The Bertz CT molecular complexity index is 761. The van der Waals surface area contributed by atoms with Gasteiger partial charge in [-0.15, -0.1) is 10.2 Å². The number of hydrogen-bond acceptors (Lipinski definition) is 5. The Morgan fingerprint density at radius 3 is 2.16 bits per heavy atom. The number of rotatable bonds is 4. The van der Waals surface area contributed by atoms with Crippen LogP contribution in [-0.2, 0) is 6.18 Å². The minimum absolute atomic E-state index is 0.206. The van der Waals surface area contributed by atoms with Gasteiger partial charge in [-0.3, -0.25) is 0 Å². The van der Waals surface area contributed by atoms with Gasteiger partial charge in [0.1, 0.15) is 5.75 Å². The number of anilines is 1. The van der Waals surface area contributed by atoms with Crippen LogP contribution in [0.4, 0.5) is 19.0 Å². The topological polar surface area (TPSA) is 78.3 Å². The Morgan fingerprint density at radius 2 is 1.68 bits per heavy atom. The van der Waals surface area contributed by atoms with E-state index in [2.05, 4.69) is 15.5 Å². The smallest absolute Gasteiger partial charge is 0.416 e. The van der Waals surface area contributed by atoms with Crippen LogP contribution in [0.15, 0.2) is 18.2 Å². The van der Waals surface area contributed by atoms with Gasteiger partial charge in [0.25, 0.3) is 0 Å². The fourth-order valence-corrected chi connectivity index (χ4v) is 2.35. The third-order valence-electron chi connectivity index (χ3n) is 3.57. The summed E-state index contributed by atoms with van der Waals surface area (Å²) in [5, 5.41) is 30.7. The average Bonchev–Trinajstić information content (AvgIpc) is 2.43. The van der Waals surface area contributed by atoms with Crippen molar-refractivity contribution >= 4 is 5.82 Å². The second kappa shape index (κ2) is 6.51. The predicted molar refractivity (Wildman–Crippen MR) is 88.4 cm³/mol. The number of nitrogens with zero attached hydrogens (tertiary/aromatic N) is 2. The number of aromatic nitrogens is 2. The SMILES string of the molecule is Cc1cc(-c2c(C)cc(C(F)(F)F)cc2O)nnc1NCC(C)(C)O. The maximum atomic E-state index is 12.8. The number of aliphatic hydroxyl groups is 1. The van der Waals surface area contributed by atoms with Gasteiger partial charge in [0.05, 0.1) is 16.9 Å². The average molecular weight is 355 g/mol. The molecule has 5 nitrogen and oxygen atoms in total. The first-order chi connectivity index (χ1) is 11.4. The molecule has 0 aliphatic carbocycles. The van der Waals surface area contributed by atoms with Crippen molar-refractivity contribution < 1.29 is 23.4 Å². The standard InChI is InChI=1S/C17H20F3N3O2/c1-9-5-11(17(18,19)20)7-13(24)14(9)12-6-10(2)15(23-22-12)21-8-16(3,4)25/h5-7,24-25H,8H2,1-4H3,(H,21,23). The van der Waals surface area contributed by atoms with E-state index < -0.39 is 23.1 Å². The van der Waals surface area contributed by atoms with Crippen molar-refractivity contribution in [3.63, 3.8) is 0 Å². The van der Waals surface area contributed by atoms with Gasteiger partial charge in [-0.1, -0.05) is 0 Å². The first kappa shape index (κ1) is 19.0. The van der Waals surface area contributed by atoms with Gasteiger partial charge >= 0.3 is 6.18 Å². The highest BCUT2D eigenvalue weighted by atomic mass is 19.4. The maximum Gasteiger partial charge on any atom is 0.416 e. The van der Waals surface area contributed by atoms with Crippen molar-refractivity contribution in [1.82, 2.24) is 10.2 Å². The van der Waals surface area contributed by atoms with E-state index in [1.165, 1.54) is 6.92 Å². The van der Waals surface area contributed by atoms with Crippen LogP contribution in [0.5, 0.6) is 5.75 Å². The summed E-state index contributed by atoms with van der Waals surface area (Å²) in [6.07, 6.45) is -4.53. The van der Waals surface area contributed by atoms with E-state index in [1.54, 1.807) is 26.8 Å². The lowest BCUT2D eigenvalue weighted by Gasteiger charge is -2.19. The summed E-state index contributed by atoms with van der Waals surface area (Å²) in [5.41, 5.74) is -0.437. The lowest BCUT2D eigenvalue weighted by molar-refractivity contribution is -0.137. The van der Waals surface area contributed by atoms with Gasteiger partial charge in [-0.05, 0) is 57.0 Å². The minimum Gasteiger partial charge on any atom is -0.507 e. The molecule has 3 N–H and O–H groups in total. The van der Waals surface area contributed by atoms with Crippen LogP contribution in [0.25, 0.3) is 11.3 Å². The molecule has 0 spiro atoms. The summed E-state index contributed by atoms with van der Waals surface area (Å²) in [5.74, 6) is -0.0480. The van der Waals surface area contributed by atoms with Crippen LogP contribution in [0.3, 0.4) is 0 Å². The molecule has 1 aromatic carbocycles. The summed E-state index contributed by atoms with van der Waals surface area (Å²) in [7, 11) is 0. The molecule has 2 aromatic rings. The number of phenolic OH excluding ortho intramolecular Hbond substituents is 1. The lowest BCUT2D eigenvalue weighted by atomic mass is 10.00. The molecule has 0 saturated carbocycles. The van der Waals surface area contributed by atoms with E-state index >= 15 is 0 Å². The molecule has 8 heteroatoms. The molecular formula is C17H20F3N3O2. The largest absolute Gasteiger partial charge is 0.507 e. The van der Waals surface area contributed by atoms with Gasteiger partial charge in [0.2, 0.25) is 0 Å². The highest BCUT2D eigenvalue weighted by molar-refractivity contribution is 5.72. The number of benzene rings is 1. The molecule has 0 aliphatic heterocycles. The van der Waals surface area contributed by atoms with Crippen LogP contribution in [0.1, 0.15) is 30.5 Å². The fraction of sp³-hybridized carbons (Fsp3) is 0.412. The second-order valence-electron chi connectivity index (χ2n) is 6.61. The highest BCUT2D eigenvalue weighted by Gasteiger charge is 2.32. The molecule has 0 bridgehead atoms. The summed E-state index contributed by atoms with van der Waals surface area (Å²) in [6.45, 7) is 6.76. The Balaban J connectivity index is 2.38. The summed E-state index contributed by atoms with van der Waals surface area (Å²) in [4.78, 5) is 0. The number of halogens is 3. The number of hydrogen-bond donors (Lipinski definition) is 3. The third-order valence-corrected chi connectivity index (χ3v) is 3.57. The summed E-state index contributed by atoms with van der Waals surface area (Å²) >= 11 is 0. The molecule has 136 valence electrons. The van der Waals surface area contributed by atoms with Gasteiger partial charge in [-0.25, -0.2) is 0 Å². The Labute approximate surface area is 143 Å². The Morgan fingerprint density at radius 1 is 1.04 bits per heavy atom. The molecule has 25 heavy (non-hydrogen) atoms. The normalized spacial score (nSPS) is 12.3. The molecular weight excluding hydrogens is 335 g/mol. The zero-order valence-electron chi connectivity index (χ0n) is 14.4. The zero-order valence-corrected chi connectivity index (χ0v) is 14.4. The minimum atomic E-state index is -4.53. The second-order valence-corrected chi connectivity index (χ2v) is 6.61. The van der Waals surface area contributed by atoms with E-state index in [0.29, 0.717) is 17.4 Å². The van der Waals surface area contributed by atoms with Crippen molar-refractivity contribution in [1.29, 1.82) is 0 Å². The summed E-state index contributed by atoms with van der Waals surface area (Å²) < 4.78 is 38.4. The zero-order chi connectivity index (χ0) is 19.0. The molecule has 0 amide bonds. The maximum absolute atomic E-state index is 12.8. The van der Waals surface area contributed by atoms with Crippen LogP contribution >= 0.6 is 0 Å². The predicted octanol–water partition coefficient (Wildman–Crippen LogP) is 3.67. The van der Waals surface area contributed by atoms with Crippen molar-refractivity contribution in [3.8, 4) is 17.0 Å². The molecule has 1 heterocycles. The lowest BCUT2D eigenvalue weighted by Crippen LogP contribution is -2.29. The molecule has 0 atom stereocenters. The van der Waals surface area contributed by atoms with E-state index in [1.807, 2.05) is 0 Å². The molecule has 2 rings (SSSR count). The first-order valence-electron chi connectivity index (χ1n) is 7.60. The monoisotopic (exact) mass is 355 g/mol. The highest BCUT2D eigenvalue weighted by Crippen LogP contribution is 2.38. The van der Waals surface area contributed by atoms with Crippen LogP contribution in [-0.4, -0.2) is 32.6 Å². The molecule has 0 fully saturated rings.